The van der Waals surface area contributed by atoms with E-state index in [2.05, 4.69) is 53.6 Å². The van der Waals surface area contributed by atoms with Crippen LogP contribution in [0.15, 0.2) is 24.3 Å². The largest absolute Gasteiger partial charge is 0.375 e. The van der Waals surface area contributed by atoms with Crippen molar-refractivity contribution < 1.29 is 9.53 Å². The van der Waals surface area contributed by atoms with Gasteiger partial charge in [-0.15, -0.1) is 0 Å². The molecule has 1 amide bonds. The fourth-order valence-corrected chi connectivity index (χ4v) is 2.65. The predicted molar refractivity (Wildman–Crippen MR) is 89.3 cm³/mol. The Bertz CT molecular complexity index is 473. The fourth-order valence-electron chi connectivity index (χ4n) is 2.65. The van der Waals surface area contributed by atoms with Crippen molar-refractivity contribution in [3.63, 3.8) is 0 Å². The van der Waals surface area contributed by atoms with E-state index >= 15 is 0 Å². The molecule has 0 bridgehead atoms. The van der Waals surface area contributed by atoms with Crippen LogP contribution in [0.4, 0.5) is 5.69 Å². The number of nitrogens with zero attached hydrogens (tertiary/aromatic N) is 1. The van der Waals surface area contributed by atoms with Crippen LogP contribution in [0.5, 0.6) is 0 Å². The Kier molecular flexibility index (Phi) is 6.68. The minimum absolute atomic E-state index is 0.00722. The molecule has 1 aliphatic rings. The number of hydrogen-bond donors (Lipinski definition) is 2. The molecule has 5 heteroatoms. The first-order valence-corrected chi connectivity index (χ1v) is 8.09. The van der Waals surface area contributed by atoms with E-state index in [4.69, 9.17) is 4.74 Å². The lowest BCUT2D eigenvalue weighted by atomic mass is 10.2. The summed E-state index contributed by atoms with van der Waals surface area (Å²) < 4.78 is 5.55. The SMILES string of the molecule is CCN(CCNC(=O)CC1CNCCO1)c1cccc(C)c1. The molecule has 122 valence electrons. The van der Waals surface area contributed by atoms with Crippen molar-refractivity contribution in [2.45, 2.75) is 26.4 Å². The fraction of sp³-hybridized carbons (Fsp3) is 0.588. The second-order valence-electron chi connectivity index (χ2n) is 5.67. The first kappa shape index (κ1) is 16.8. The summed E-state index contributed by atoms with van der Waals surface area (Å²) in [5.41, 5.74) is 2.46. The van der Waals surface area contributed by atoms with E-state index in [9.17, 15) is 4.79 Å². The van der Waals surface area contributed by atoms with E-state index in [0.717, 1.165) is 26.2 Å². The molecular weight excluding hydrogens is 278 g/mol. The zero-order chi connectivity index (χ0) is 15.8. The van der Waals surface area contributed by atoms with Crippen LogP contribution in [0.2, 0.25) is 0 Å². The Morgan fingerprint density at radius 2 is 2.36 bits per heavy atom. The van der Waals surface area contributed by atoms with E-state index < -0.39 is 0 Å². The zero-order valence-electron chi connectivity index (χ0n) is 13.6. The number of anilines is 1. The average Bonchev–Trinajstić information content (AvgIpc) is 2.52. The van der Waals surface area contributed by atoms with Crippen molar-refractivity contribution in [3.05, 3.63) is 29.8 Å². The van der Waals surface area contributed by atoms with E-state index in [1.807, 2.05) is 0 Å². The van der Waals surface area contributed by atoms with Crippen molar-refractivity contribution in [3.8, 4) is 0 Å². The summed E-state index contributed by atoms with van der Waals surface area (Å²) in [6.07, 6.45) is 0.441. The average molecular weight is 305 g/mol. The van der Waals surface area contributed by atoms with Gasteiger partial charge in [0.1, 0.15) is 0 Å². The van der Waals surface area contributed by atoms with Gasteiger partial charge < -0.3 is 20.3 Å². The molecule has 1 aromatic carbocycles. The van der Waals surface area contributed by atoms with Gasteiger partial charge in [0.15, 0.2) is 0 Å². The Morgan fingerprint density at radius 3 is 3.05 bits per heavy atom. The van der Waals surface area contributed by atoms with Gasteiger partial charge in [0.05, 0.1) is 19.1 Å². The van der Waals surface area contributed by atoms with Crippen LogP contribution in [0.3, 0.4) is 0 Å². The molecule has 2 N–H and O–H groups in total. The van der Waals surface area contributed by atoms with Crippen molar-refractivity contribution in [1.82, 2.24) is 10.6 Å². The monoisotopic (exact) mass is 305 g/mol. The summed E-state index contributed by atoms with van der Waals surface area (Å²) in [6, 6.07) is 8.45. The number of carbonyl (C=O) groups is 1. The third kappa shape index (κ3) is 5.31. The van der Waals surface area contributed by atoms with Gasteiger partial charge >= 0.3 is 0 Å². The lowest BCUT2D eigenvalue weighted by Crippen LogP contribution is -2.42. The van der Waals surface area contributed by atoms with Crippen molar-refractivity contribution >= 4 is 11.6 Å². The highest BCUT2D eigenvalue weighted by Gasteiger charge is 2.17. The highest BCUT2D eigenvalue weighted by atomic mass is 16.5. The maximum Gasteiger partial charge on any atom is 0.222 e. The van der Waals surface area contributed by atoms with Crippen LogP contribution in [-0.2, 0) is 9.53 Å². The number of aryl methyl sites for hydroxylation is 1. The molecule has 0 aliphatic carbocycles. The molecule has 1 heterocycles. The number of likely N-dealkylation sites (N-methyl/N-ethyl adjacent to an activating group) is 1. The van der Waals surface area contributed by atoms with Crippen LogP contribution in [-0.4, -0.2) is 51.3 Å². The van der Waals surface area contributed by atoms with E-state index in [-0.39, 0.29) is 12.0 Å². The summed E-state index contributed by atoms with van der Waals surface area (Å²) in [6.45, 7) is 8.95. The number of benzene rings is 1. The Morgan fingerprint density at radius 1 is 1.50 bits per heavy atom. The van der Waals surface area contributed by atoms with Crippen LogP contribution in [0.1, 0.15) is 18.9 Å². The van der Waals surface area contributed by atoms with Gasteiger partial charge in [0, 0.05) is 38.4 Å². The standard InChI is InChI=1S/C17H27N3O2/c1-3-20(15-6-4-5-14(2)11-15)9-7-19-17(21)12-16-13-18-8-10-22-16/h4-6,11,16,18H,3,7-10,12-13H2,1-2H3,(H,19,21). The molecular formula is C17H27N3O2. The molecule has 0 spiro atoms. The van der Waals surface area contributed by atoms with Gasteiger partial charge in [0.2, 0.25) is 5.91 Å². The molecule has 0 radical (unpaired) electrons. The first-order chi connectivity index (χ1) is 10.7. The van der Waals surface area contributed by atoms with Gasteiger partial charge in [-0.25, -0.2) is 0 Å². The number of hydrogen-bond acceptors (Lipinski definition) is 4. The lowest BCUT2D eigenvalue weighted by molar-refractivity contribution is -0.124. The predicted octanol–water partition coefficient (Wildman–Crippen LogP) is 1.32. The minimum atomic E-state index is 0.00722. The van der Waals surface area contributed by atoms with Crippen LogP contribution in [0, 0.1) is 6.92 Å². The second-order valence-corrected chi connectivity index (χ2v) is 5.67. The van der Waals surface area contributed by atoms with Gasteiger partial charge in [-0.1, -0.05) is 12.1 Å². The summed E-state index contributed by atoms with van der Waals surface area (Å²) >= 11 is 0. The summed E-state index contributed by atoms with van der Waals surface area (Å²) in [7, 11) is 0. The van der Waals surface area contributed by atoms with Crippen LogP contribution in [0.25, 0.3) is 0 Å². The summed E-state index contributed by atoms with van der Waals surface area (Å²) in [4.78, 5) is 14.2. The zero-order valence-corrected chi connectivity index (χ0v) is 13.6. The molecule has 0 aromatic heterocycles. The highest BCUT2D eigenvalue weighted by Crippen LogP contribution is 2.15. The van der Waals surface area contributed by atoms with E-state index in [0.29, 0.717) is 19.6 Å². The summed E-state index contributed by atoms with van der Waals surface area (Å²) in [5.74, 6) is 0.0639. The quantitative estimate of drug-likeness (QED) is 0.798. The third-order valence-corrected chi connectivity index (χ3v) is 3.87. The van der Waals surface area contributed by atoms with Crippen molar-refractivity contribution in [2.24, 2.45) is 0 Å². The highest BCUT2D eigenvalue weighted by molar-refractivity contribution is 5.76. The van der Waals surface area contributed by atoms with Crippen molar-refractivity contribution in [2.75, 3.05) is 44.2 Å². The molecule has 1 fully saturated rings. The van der Waals surface area contributed by atoms with Gasteiger partial charge in [-0.3, -0.25) is 4.79 Å². The molecule has 2 rings (SSSR count). The number of ether oxygens (including phenoxy) is 1. The number of rotatable bonds is 7. The number of carbonyl (C=O) groups excluding carboxylic acids is 1. The van der Waals surface area contributed by atoms with Gasteiger partial charge in [-0.05, 0) is 31.5 Å². The maximum atomic E-state index is 11.9. The lowest BCUT2D eigenvalue weighted by Gasteiger charge is -2.25. The number of nitrogens with one attached hydrogen (secondary N) is 2. The topological polar surface area (TPSA) is 53.6 Å². The number of morpholine rings is 1. The number of amides is 1. The molecule has 5 nitrogen and oxygen atoms in total. The van der Waals surface area contributed by atoms with Gasteiger partial charge in [-0.2, -0.15) is 0 Å². The van der Waals surface area contributed by atoms with E-state index in [1.165, 1.54) is 11.3 Å². The summed E-state index contributed by atoms with van der Waals surface area (Å²) in [5, 5.41) is 6.23. The molecule has 1 atom stereocenters. The van der Waals surface area contributed by atoms with E-state index in [1.54, 1.807) is 0 Å². The molecule has 22 heavy (non-hydrogen) atoms. The normalized spacial score (nSPS) is 18.0. The minimum Gasteiger partial charge on any atom is -0.375 e. The molecule has 1 aliphatic heterocycles. The Labute approximate surface area is 133 Å². The molecule has 1 unspecified atom stereocenters. The second kappa shape index (κ2) is 8.76. The first-order valence-electron chi connectivity index (χ1n) is 8.09. The smallest absolute Gasteiger partial charge is 0.222 e. The van der Waals surface area contributed by atoms with Crippen LogP contribution >= 0.6 is 0 Å². The Balaban J connectivity index is 1.72. The Hall–Kier alpha value is -1.59. The molecule has 1 saturated heterocycles. The molecule has 0 saturated carbocycles. The molecule has 1 aromatic rings. The van der Waals surface area contributed by atoms with Crippen LogP contribution < -0.4 is 15.5 Å². The van der Waals surface area contributed by atoms with Crippen molar-refractivity contribution in [1.29, 1.82) is 0 Å². The maximum absolute atomic E-state index is 11.9. The van der Waals surface area contributed by atoms with Gasteiger partial charge in [0.25, 0.3) is 0 Å². The third-order valence-electron chi connectivity index (χ3n) is 3.87.